The first-order chi connectivity index (χ1) is 6.63. The number of hydrogen-bond acceptors (Lipinski definition) is 1. The molecule has 0 aromatic heterocycles. The van der Waals surface area contributed by atoms with Crippen molar-refractivity contribution in [1.82, 2.24) is 4.90 Å². The fourth-order valence-corrected chi connectivity index (χ4v) is 1.48. The number of amides is 1. The summed E-state index contributed by atoms with van der Waals surface area (Å²) in [5.41, 5.74) is 1.06. The van der Waals surface area contributed by atoms with E-state index in [4.69, 9.17) is 11.6 Å². The molecule has 0 heterocycles. The minimum Gasteiger partial charge on any atom is -0.341 e. The molecule has 0 saturated carbocycles. The minimum absolute atomic E-state index is 0.143. The van der Waals surface area contributed by atoms with Crippen molar-refractivity contribution in [3.8, 4) is 0 Å². The van der Waals surface area contributed by atoms with Crippen molar-refractivity contribution in [2.75, 3.05) is 7.05 Å². The molecule has 0 aliphatic carbocycles. The molecule has 0 atom stereocenters. The highest BCUT2D eigenvalue weighted by Gasteiger charge is 2.06. The van der Waals surface area contributed by atoms with E-state index in [0.29, 0.717) is 18.0 Å². The molecule has 0 aliphatic heterocycles. The number of rotatable bonds is 3. The van der Waals surface area contributed by atoms with Gasteiger partial charge in [0.1, 0.15) is 0 Å². The van der Waals surface area contributed by atoms with Crippen LogP contribution in [0.4, 0.5) is 0 Å². The van der Waals surface area contributed by atoms with Gasteiger partial charge in [-0.3, -0.25) is 4.79 Å². The van der Waals surface area contributed by atoms with E-state index in [9.17, 15) is 4.79 Å². The zero-order valence-electron chi connectivity index (χ0n) is 8.46. The molecule has 1 amide bonds. The van der Waals surface area contributed by atoms with Crippen LogP contribution in [0.25, 0.3) is 0 Å². The highest BCUT2D eigenvalue weighted by molar-refractivity contribution is 6.30. The van der Waals surface area contributed by atoms with Crippen molar-refractivity contribution in [2.24, 2.45) is 0 Å². The van der Waals surface area contributed by atoms with E-state index in [1.54, 1.807) is 11.9 Å². The zero-order chi connectivity index (χ0) is 10.6. The van der Waals surface area contributed by atoms with Gasteiger partial charge < -0.3 is 4.90 Å². The summed E-state index contributed by atoms with van der Waals surface area (Å²) in [6.45, 7) is 2.48. The monoisotopic (exact) mass is 211 g/mol. The van der Waals surface area contributed by atoms with E-state index in [-0.39, 0.29) is 5.91 Å². The molecule has 0 N–H and O–H groups in total. The van der Waals surface area contributed by atoms with Gasteiger partial charge in [-0.25, -0.2) is 0 Å². The van der Waals surface area contributed by atoms with Gasteiger partial charge in [-0.05, 0) is 17.7 Å². The number of hydrogen-bond donors (Lipinski definition) is 0. The molecule has 0 fully saturated rings. The lowest BCUT2D eigenvalue weighted by Crippen LogP contribution is -2.25. The van der Waals surface area contributed by atoms with E-state index in [1.807, 2.05) is 31.2 Å². The molecule has 14 heavy (non-hydrogen) atoms. The Kier molecular flexibility index (Phi) is 3.96. The van der Waals surface area contributed by atoms with Gasteiger partial charge in [-0.2, -0.15) is 0 Å². The fourth-order valence-electron chi connectivity index (χ4n) is 1.27. The van der Waals surface area contributed by atoms with Crippen molar-refractivity contribution in [1.29, 1.82) is 0 Å². The number of carbonyl (C=O) groups excluding carboxylic acids is 1. The van der Waals surface area contributed by atoms with Crippen LogP contribution in [0.15, 0.2) is 24.3 Å². The van der Waals surface area contributed by atoms with Crippen LogP contribution in [0.1, 0.15) is 18.9 Å². The van der Waals surface area contributed by atoms with Gasteiger partial charge in [-0.1, -0.05) is 30.7 Å². The summed E-state index contributed by atoms with van der Waals surface area (Å²) < 4.78 is 0. The Balaban J connectivity index is 2.64. The summed E-state index contributed by atoms with van der Waals surface area (Å²) in [4.78, 5) is 13.0. The average molecular weight is 212 g/mol. The standard InChI is InChI=1S/C11H14ClNO/c1-3-11(14)13(2)8-9-5-4-6-10(12)7-9/h4-7H,3,8H2,1-2H3. The molecule has 1 rings (SSSR count). The van der Waals surface area contributed by atoms with Crippen LogP contribution >= 0.6 is 11.6 Å². The minimum atomic E-state index is 0.143. The maximum absolute atomic E-state index is 11.3. The van der Waals surface area contributed by atoms with Crippen molar-refractivity contribution in [3.63, 3.8) is 0 Å². The van der Waals surface area contributed by atoms with Crippen LogP contribution < -0.4 is 0 Å². The number of nitrogens with zero attached hydrogens (tertiary/aromatic N) is 1. The first kappa shape index (κ1) is 11.1. The van der Waals surface area contributed by atoms with Gasteiger partial charge in [0.2, 0.25) is 5.91 Å². The Hall–Kier alpha value is -1.02. The fraction of sp³-hybridized carbons (Fsp3) is 0.364. The Labute approximate surface area is 89.5 Å². The Morgan fingerprint density at radius 2 is 2.21 bits per heavy atom. The van der Waals surface area contributed by atoms with Gasteiger partial charge in [0.15, 0.2) is 0 Å². The molecule has 3 heteroatoms. The second kappa shape index (κ2) is 5.01. The summed E-state index contributed by atoms with van der Waals surface area (Å²) in [5, 5.41) is 0.708. The summed E-state index contributed by atoms with van der Waals surface area (Å²) in [5.74, 6) is 0.143. The number of benzene rings is 1. The second-order valence-electron chi connectivity index (χ2n) is 3.23. The topological polar surface area (TPSA) is 20.3 Å². The maximum Gasteiger partial charge on any atom is 0.222 e. The quantitative estimate of drug-likeness (QED) is 0.753. The molecular formula is C11H14ClNO. The normalized spacial score (nSPS) is 9.93. The maximum atomic E-state index is 11.3. The molecule has 2 nitrogen and oxygen atoms in total. The van der Waals surface area contributed by atoms with Crippen LogP contribution in [0.2, 0.25) is 5.02 Å². The summed E-state index contributed by atoms with van der Waals surface area (Å²) in [6.07, 6.45) is 0.539. The third-order valence-corrected chi connectivity index (χ3v) is 2.27. The van der Waals surface area contributed by atoms with E-state index in [1.165, 1.54) is 0 Å². The van der Waals surface area contributed by atoms with E-state index >= 15 is 0 Å². The lowest BCUT2D eigenvalue weighted by molar-refractivity contribution is -0.130. The van der Waals surface area contributed by atoms with Crippen LogP contribution in [0.3, 0.4) is 0 Å². The molecule has 1 aromatic carbocycles. The van der Waals surface area contributed by atoms with E-state index < -0.39 is 0 Å². The van der Waals surface area contributed by atoms with Gasteiger partial charge in [0.05, 0.1) is 0 Å². The van der Waals surface area contributed by atoms with Crippen molar-refractivity contribution in [3.05, 3.63) is 34.9 Å². The summed E-state index contributed by atoms with van der Waals surface area (Å²) in [7, 11) is 1.80. The summed E-state index contributed by atoms with van der Waals surface area (Å²) in [6, 6.07) is 7.56. The van der Waals surface area contributed by atoms with Crippen LogP contribution in [0, 0.1) is 0 Å². The third-order valence-electron chi connectivity index (χ3n) is 2.04. The predicted octanol–water partition coefficient (Wildman–Crippen LogP) is 2.71. The molecule has 0 aliphatic rings. The third kappa shape index (κ3) is 3.04. The van der Waals surface area contributed by atoms with Crippen molar-refractivity contribution < 1.29 is 4.79 Å². The number of carbonyl (C=O) groups is 1. The van der Waals surface area contributed by atoms with E-state index in [0.717, 1.165) is 5.56 Å². The molecule has 0 spiro atoms. The van der Waals surface area contributed by atoms with Gasteiger partial charge in [0, 0.05) is 25.0 Å². The van der Waals surface area contributed by atoms with Crippen LogP contribution in [-0.2, 0) is 11.3 Å². The smallest absolute Gasteiger partial charge is 0.222 e. The zero-order valence-corrected chi connectivity index (χ0v) is 9.21. The molecule has 0 radical (unpaired) electrons. The summed E-state index contributed by atoms with van der Waals surface area (Å²) >= 11 is 5.84. The highest BCUT2D eigenvalue weighted by atomic mass is 35.5. The molecule has 0 saturated heterocycles. The molecule has 1 aromatic rings. The largest absolute Gasteiger partial charge is 0.341 e. The lowest BCUT2D eigenvalue weighted by atomic mass is 10.2. The molecule has 0 bridgehead atoms. The number of halogens is 1. The molecule has 76 valence electrons. The Morgan fingerprint density at radius 3 is 2.79 bits per heavy atom. The second-order valence-corrected chi connectivity index (χ2v) is 3.67. The van der Waals surface area contributed by atoms with E-state index in [2.05, 4.69) is 0 Å². The van der Waals surface area contributed by atoms with Crippen molar-refractivity contribution in [2.45, 2.75) is 19.9 Å². The Bertz CT molecular complexity index is 325. The molecular weight excluding hydrogens is 198 g/mol. The predicted molar refractivity (Wildman–Crippen MR) is 58.2 cm³/mol. The van der Waals surface area contributed by atoms with Gasteiger partial charge in [0.25, 0.3) is 0 Å². The lowest BCUT2D eigenvalue weighted by Gasteiger charge is -2.16. The molecule has 0 unspecified atom stereocenters. The highest BCUT2D eigenvalue weighted by Crippen LogP contribution is 2.12. The Morgan fingerprint density at radius 1 is 1.50 bits per heavy atom. The first-order valence-corrected chi connectivity index (χ1v) is 4.99. The van der Waals surface area contributed by atoms with Gasteiger partial charge >= 0.3 is 0 Å². The van der Waals surface area contributed by atoms with Crippen molar-refractivity contribution >= 4 is 17.5 Å². The van der Waals surface area contributed by atoms with Crippen LogP contribution in [0.5, 0.6) is 0 Å². The van der Waals surface area contributed by atoms with Crippen LogP contribution in [-0.4, -0.2) is 17.9 Å². The van der Waals surface area contributed by atoms with Gasteiger partial charge in [-0.15, -0.1) is 0 Å². The SMILES string of the molecule is CCC(=O)N(C)Cc1cccc(Cl)c1. The first-order valence-electron chi connectivity index (χ1n) is 4.62. The average Bonchev–Trinajstić information content (AvgIpc) is 2.16.